The fraction of sp³-hybridized carbons (Fsp3) is 0.623. The predicted octanol–water partition coefficient (Wildman–Crippen LogP) is 4.64. The molecule has 17 heteroatoms. The molecule has 70 heavy (non-hydrogen) atoms. The van der Waals surface area contributed by atoms with E-state index in [0.29, 0.717) is 42.8 Å². The van der Waals surface area contributed by atoms with Crippen LogP contribution < -0.4 is 26.6 Å². The lowest BCUT2D eigenvalue weighted by Crippen LogP contribution is -2.58. The van der Waals surface area contributed by atoms with Gasteiger partial charge in [0.15, 0.2) is 5.78 Å². The van der Waals surface area contributed by atoms with Gasteiger partial charge in [-0.3, -0.25) is 24.0 Å². The van der Waals surface area contributed by atoms with E-state index in [-0.39, 0.29) is 77.9 Å². The van der Waals surface area contributed by atoms with Gasteiger partial charge < -0.3 is 45.9 Å². The second-order valence-corrected chi connectivity index (χ2v) is 24.2. The number of ether oxygens (including phenoxy) is 2. The normalized spacial score (nSPS) is 30.3. The molecule has 2 aromatic carbocycles. The van der Waals surface area contributed by atoms with Crippen molar-refractivity contribution >= 4 is 70.1 Å². The van der Waals surface area contributed by atoms with E-state index in [1.807, 2.05) is 63.1 Å². The van der Waals surface area contributed by atoms with E-state index in [4.69, 9.17) is 21.7 Å². The van der Waals surface area contributed by atoms with Crippen molar-refractivity contribution in [2.24, 2.45) is 10.8 Å². The lowest BCUT2D eigenvalue weighted by molar-refractivity contribution is -0.144. The van der Waals surface area contributed by atoms with Crippen molar-refractivity contribution < 1.29 is 33.4 Å². The maximum absolute atomic E-state index is 14.7. The number of likely N-dealkylation sites (N-methyl/N-ethyl adjacent to an activating group) is 2. The highest BCUT2D eigenvalue weighted by molar-refractivity contribution is 8.00. The minimum atomic E-state index is -0.744. The van der Waals surface area contributed by atoms with Crippen LogP contribution in [0.3, 0.4) is 0 Å². The van der Waals surface area contributed by atoms with Crippen LogP contribution in [0.5, 0.6) is 0 Å². The molecule has 6 aliphatic rings. The third kappa shape index (κ3) is 10.8. The molecule has 378 valence electrons. The Labute approximate surface area is 427 Å². The summed E-state index contributed by atoms with van der Waals surface area (Å²) in [5.74, 6) is 6.87. The van der Waals surface area contributed by atoms with E-state index in [9.17, 15) is 24.0 Å². The Hall–Kier alpha value is -4.02. The molecule has 0 spiro atoms. The minimum Gasteiger partial charge on any atom is -0.367 e. The number of hydrogen-bond acceptors (Lipinski definition) is 12. The van der Waals surface area contributed by atoms with Crippen molar-refractivity contribution in [2.75, 3.05) is 38.8 Å². The highest BCUT2D eigenvalue weighted by atomic mass is 32.2. The van der Waals surface area contributed by atoms with Crippen LogP contribution >= 0.6 is 35.7 Å². The molecular formula is C53H71N7O7S3. The molecule has 4 amide bonds. The molecule has 8 rings (SSSR count). The van der Waals surface area contributed by atoms with E-state index >= 15 is 0 Å². The second-order valence-electron chi connectivity index (χ2n) is 21.2. The van der Waals surface area contributed by atoms with Crippen LogP contribution in [0.25, 0.3) is 0 Å². The van der Waals surface area contributed by atoms with Gasteiger partial charge in [0.25, 0.3) is 0 Å². The molecule has 4 aliphatic heterocycles. The first-order valence-corrected chi connectivity index (χ1v) is 27.4. The van der Waals surface area contributed by atoms with Gasteiger partial charge >= 0.3 is 0 Å². The van der Waals surface area contributed by atoms with Gasteiger partial charge in [-0.25, -0.2) is 0 Å². The van der Waals surface area contributed by atoms with Gasteiger partial charge in [0, 0.05) is 18.8 Å². The summed E-state index contributed by atoms with van der Waals surface area (Å²) < 4.78 is 13.0. The topological polar surface area (TPSA) is 170 Å². The molecule has 0 aromatic heterocycles. The van der Waals surface area contributed by atoms with E-state index in [2.05, 4.69) is 70.5 Å². The number of ketones is 1. The number of hydrogen-bond donors (Lipinski definition) is 5. The Balaban J connectivity index is 0.911. The molecule has 4 saturated heterocycles. The number of carbonyl (C=O) groups is 5. The average Bonchev–Trinajstić information content (AvgIpc) is 3.97. The molecule has 2 aliphatic carbocycles. The lowest BCUT2D eigenvalue weighted by Gasteiger charge is -2.35. The van der Waals surface area contributed by atoms with Crippen molar-refractivity contribution in [3.63, 3.8) is 0 Å². The smallest absolute Gasteiger partial charge is 0.246 e. The van der Waals surface area contributed by atoms with Crippen LogP contribution in [0.1, 0.15) is 108 Å². The van der Waals surface area contributed by atoms with Crippen molar-refractivity contribution in [3.05, 3.63) is 70.8 Å². The molecule has 0 unspecified atom stereocenters. The lowest BCUT2D eigenvalue weighted by atomic mass is 9.79. The highest BCUT2D eigenvalue weighted by Crippen LogP contribution is 2.49. The summed E-state index contributed by atoms with van der Waals surface area (Å²) in [6, 6.07) is 12.7. The monoisotopic (exact) mass is 1010 g/mol. The SMILES string of the molecule is CN[C@@H](C)C(=O)N[C@H]1CCS[C@H]2CC(C)(C)[C@@H](C(=O)N[C@H]3c4ccccc4C[C@H]3OCC#CCO[C@@H]3Cc4ccccc4[C@@H]3CC(=O)[C@H]3N4C(=O)[C@@H](NC(=S)[C@H](C)NC)CCS[C@H]4CC3(C)C)N2C1=O. The average molecular weight is 1010 g/mol. The predicted molar refractivity (Wildman–Crippen MR) is 279 cm³/mol. The van der Waals surface area contributed by atoms with Gasteiger partial charge in [0.1, 0.15) is 31.3 Å². The number of thiocarbonyl (C=S) groups is 1. The number of rotatable bonds is 15. The number of thioether (sulfide) groups is 2. The molecule has 12 atom stereocenters. The maximum atomic E-state index is 14.7. The number of carbonyl (C=O) groups excluding carboxylic acids is 5. The Morgan fingerprint density at radius 1 is 0.729 bits per heavy atom. The van der Waals surface area contributed by atoms with E-state index in [1.54, 1.807) is 42.4 Å². The van der Waals surface area contributed by atoms with Crippen molar-refractivity contribution in [1.29, 1.82) is 0 Å². The number of amides is 4. The largest absolute Gasteiger partial charge is 0.367 e. The number of nitrogens with one attached hydrogen (secondary N) is 5. The molecular weight excluding hydrogens is 943 g/mol. The van der Waals surface area contributed by atoms with Crippen molar-refractivity contribution in [1.82, 2.24) is 36.4 Å². The van der Waals surface area contributed by atoms with Gasteiger partial charge in [0.05, 0.1) is 52.1 Å². The van der Waals surface area contributed by atoms with Crippen LogP contribution in [0.2, 0.25) is 0 Å². The fourth-order valence-corrected chi connectivity index (χ4v) is 15.0. The Morgan fingerprint density at radius 3 is 1.86 bits per heavy atom. The zero-order chi connectivity index (χ0) is 50.1. The van der Waals surface area contributed by atoms with Crippen molar-refractivity contribution in [2.45, 2.75) is 158 Å². The fourth-order valence-electron chi connectivity index (χ4n) is 11.6. The summed E-state index contributed by atoms with van der Waals surface area (Å²) >= 11 is 9.06. The molecule has 4 heterocycles. The zero-order valence-electron chi connectivity index (χ0n) is 41.8. The van der Waals surface area contributed by atoms with E-state index in [0.717, 1.165) is 34.4 Å². The molecule has 5 N–H and O–H groups in total. The molecule has 2 aromatic rings. The summed E-state index contributed by atoms with van der Waals surface area (Å²) in [5.41, 5.74) is 3.38. The summed E-state index contributed by atoms with van der Waals surface area (Å²) in [7, 11) is 3.54. The third-order valence-corrected chi connectivity index (χ3v) is 18.5. The molecule has 14 nitrogen and oxygen atoms in total. The Kier molecular flexibility index (Phi) is 16.4. The maximum Gasteiger partial charge on any atom is 0.246 e. The highest BCUT2D eigenvalue weighted by Gasteiger charge is 2.56. The van der Waals surface area contributed by atoms with E-state index < -0.39 is 53.2 Å². The van der Waals surface area contributed by atoms with Crippen LogP contribution in [-0.4, -0.2) is 142 Å². The Bertz CT molecular complexity index is 2230. The van der Waals surface area contributed by atoms with Gasteiger partial charge in [-0.1, -0.05) is 100 Å². The van der Waals surface area contributed by atoms with Crippen LogP contribution in [0.4, 0.5) is 0 Å². The van der Waals surface area contributed by atoms with Gasteiger partial charge in [0.2, 0.25) is 23.6 Å². The molecule has 0 bridgehead atoms. The number of nitrogens with zero attached hydrogens (tertiary/aromatic N) is 2. The summed E-state index contributed by atoms with van der Waals surface area (Å²) in [5, 5.41) is 15.4. The van der Waals surface area contributed by atoms with E-state index in [1.165, 1.54) is 0 Å². The summed E-state index contributed by atoms with van der Waals surface area (Å²) in [4.78, 5) is 75.0. The van der Waals surface area contributed by atoms with Gasteiger partial charge in [-0.15, -0.1) is 23.5 Å². The van der Waals surface area contributed by atoms with Crippen LogP contribution in [0.15, 0.2) is 48.5 Å². The summed E-state index contributed by atoms with van der Waals surface area (Å²) in [6.45, 7) is 12.3. The first kappa shape index (κ1) is 52.3. The van der Waals surface area contributed by atoms with Crippen LogP contribution in [0, 0.1) is 22.7 Å². The Morgan fingerprint density at radius 2 is 1.24 bits per heavy atom. The quantitative estimate of drug-likeness (QED) is 0.124. The third-order valence-electron chi connectivity index (χ3n) is 15.5. The first-order chi connectivity index (χ1) is 33.4. The zero-order valence-corrected chi connectivity index (χ0v) is 44.3. The number of benzene rings is 2. The number of fused-ring (bicyclic) bond motifs is 4. The minimum absolute atomic E-state index is 0.0445. The second kappa shape index (κ2) is 22.0. The van der Waals surface area contributed by atoms with Gasteiger partial charge in [-0.05, 0) is 105 Å². The molecule has 0 radical (unpaired) electrons. The summed E-state index contributed by atoms with van der Waals surface area (Å²) in [6.07, 6.45) is 3.34. The molecule has 4 fully saturated rings. The molecule has 0 saturated carbocycles. The standard InChI is InChI=1S/C53H71N7O7S3/c1-30(54-7)47(62)56-37-19-23-70-43-29-53(5,6)46(60(43)50(37)64)48(63)58-44-35-18-12-10-16-33(35)26-41(44)67-22-14-13-21-66-40-25-32-15-9-11-17-34(32)36(40)27-39(61)45-52(3,4)28-42-59(45)51(65)38(20-24-69-42)57-49(68)31(2)55-8/h9-12,15-18,30-31,36-38,40-46,54-55H,19-29H2,1-8H3,(H,56,62)(H,57,68)(H,58,63)/t30-,31-,36-,37-,38-,40+,41+,42-,43-,44-,45+,46+/m0/s1. The van der Waals surface area contributed by atoms with Crippen molar-refractivity contribution in [3.8, 4) is 11.8 Å². The van der Waals surface area contributed by atoms with Gasteiger partial charge in [-0.2, -0.15) is 0 Å². The van der Waals surface area contributed by atoms with Crippen LogP contribution in [-0.2, 0) is 46.3 Å². The number of Topliss-reactive ketones (excluding diaryl/α,β-unsaturated/α-hetero) is 1. The first-order valence-electron chi connectivity index (χ1n) is 24.9.